The molecule has 0 unspecified atom stereocenters. The Morgan fingerprint density at radius 2 is 1.86 bits per heavy atom. The van der Waals surface area contributed by atoms with Gasteiger partial charge in [-0.2, -0.15) is 0 Å². The molecule has 0 heterocycles. The largest absolute Gasteiger partial charge is 0.295 e. The van der Waals surface area contributed by atoms with Gasteiger partial charge in [0.15, 0.2) is 5.78 Å². The Morgan fingerprint density at radius 3 is 2.50 bits per heavy atom. The molecule has 1 aromatic carbocycles. The summed E-state index contributed by atoms with van der Waals surface area (Å²) in [5.74, 6) is 0.399. The molecule has 0 saturated carbocycles. The standard InChI is InChI=1S/C12H11ClO/c13-11-6-10(7-12(14)8-11)9-4-2-1-3-5-9/h1-5,8,10H,6-7H2/t10-/m1/s1. The average molecular weight is 207 g/mol. The van der Waals surface area contributed by atoms with Gasteiger partial charge in [-0.25, -0.2) is 0 Å². The highest BCUT2D eigenvalue weighted by Crippen LogP contribution is 2.32. The topological polar surface area (TPSA) is 17.1 Å². The van der Waals surface area contributed by atoms with Crippen molar-refractivity contribution in [1.29, 1.82) is 0 Å². The zero-order valence-electron chi connectivity index (χ0n) is 7.74. The van der Waals surface area contributed by atoms with Crippen molar-refractivity contribution >= 4 is 17.4 Å². The summed E-state index contributed by atoms with van der Waals surface area (Å²) in [7, 11) is 0. The first kappa shape index (κ1) is 9.47. The number of benzene rings is 1. The van der Waals surface area contributed by atoms with Gasteiger partial charge in [-0.3, -0.25) is 4.79 Å². The van der Waals surface area contributed by atoms with E-state index in [2.05, 4.69) is 0 Å². The molecule has 72 valence electrons. The van der Waals surface area contributed by atoms with Crippen LogP contribution in [0.3, 0.4) is 0 Å². The van der Waals surface area contributed by atoms with Crippen molar-refractivity contribution in [3.05, 3.63) is 47.0 Å². The number of carbonyl (C=O) groups is 1. The van der Waals surface area contributed by atoms with E-state index in [9.17, 15) is 4.79 Å². The maximum atomic E-state index is 11.3. The molecule has 2 rings (SSSR count). The summed E-state index contributed by atoms with van der Waals surface area (Å²) in [4.78, 5) is 11.3. The second-order valence-electron chi connectivity index (χ2n) is 3.57. The number of rotatable bonds is 1. The van der Waals surface area contributed by atoms with Crippen LogP contribution in [0.15, 0.2) is 41.4 Å². The highest BCUT2D eigenvalue weighted by atomic mass is 35.5. The second-order valence-corrected chi connectivity index (χ2v) is 4.06. The van der Waals surface area contributed by atoms with E-state index in [4.69, 9.17) is 11.6 Å². The Balaban J connectivity index is 2.22. The van der Waals surface area contributed by atoms with Crippen molar-refractivity contribution < 1.29 is 4.79 Å². The van der Waals surface area contributed by atoms with E-state index < -0.39 is 0 Å². The molecule has 1 aliphatic rings. The Morgan fingerprint density at radius 1 is 1.14 bits per heavy atom. The first-order chi connectivity index (χ1) is 6.75. The van der Waals surface area contributed by atoms with E-state index in [0.717, 1.165) is 6.42 Å². The van der Waals surface area contributed by atoms with Gasteiger partial charge in [-0.1, -0.05) is 41.9 Å². The first-order valence-electron chi connectivity index (χ1n) is 4.69. The van der Waals surface area contributed by atoms with Crippen molar-refractivity contribution in [1.82, 2.24) is 0 Å². The monoisotopic (exact) mass is 206 g/mol. The van der Waals surface area contributed by atoms with Crippen molar-refractivity contribution in [2.75, 3.05) is 0 Å². The van der Waals surface area contributed by atoms with E-state index >= 15 is 0 Å². The minimum absolute atomic E-state index is 0.134. The fraction of sp³-hybridized carbons (Fsp3) is 0.250. The normalized spacial score (nSPS) is 21.9. The number of carbonyl (C=O) groups excluding carboxylic acids is 1. The summed E-state index contributed by atoms with van der Waals surface area (Å²) in [6.45, 7) is 0. The minimum atomic E-state index is 0.134. The Kier molecular flexibility index (Phi) is 2.69. The molecular formula is C12H11ClO. The molecule has 0 aliphatic heterocycles. The lowest BCUT2D eigenvalue weighted by Crippen LogP contribution is -2.10. The summed E-state index contributed by atoms with van der Waals surface area (Å²) in [6.07, 6.45) is 2.92. The summed E-state index contributed by atoms with van der Waals surface area (Å²) < 4.78 is 0. The van der Waals surface area contributed by atoms with E-state index in [1.807, 2.05) is 30.3 Å². The van der Waals surface area contributed by atoms with Crippen LogP contribution in [-0.4, -0.2) is 5.78 Å². The number of hydrogen-bond acceptors (Lipinski definition) is 1. The van der Waals surface area contributed by atoms with Gasteiger partial charge in [-0.05, 0) is 24.0 Å². The molecule has 1 aliphatic carbocycles. The van der Waals surface area contributed by atoms with Gasteiger partial charge in [0, 0.05) is 11.5 Å². The summed E-state index contributed by atoms with van der Waals surface area (Å²) >= 11 is 5.90. The summed E-state index contributed by atoms with van der Waals surface area (Å²) in [6, 6.07) is 10.1. The Bertz CT molecular complexity index is 367. The third kappa shape index (κ3) is 2.05. The molecule has 1 aromatic rings. The predicted octanol–water partition coefficient (Wildman–Crippen LogP) is 3.26. The van der Waals surface area contributed by atoms with Gasteiger partial charge in [0.25, 0.3) is 0 Å². The summed E-state index contributed by atoms with van der Waals surface area (Å²) in [5.41, 5.74) is 1.20. The van der Waals surface area contributed by atoms with Crippen LogP contribution in [0.4, 0.5) is 0 Å². The van der Waals surface area contributed by atoms with Crippen LogP contribution in [0.1, 0.15) is 24.3 Å². The molecule has 0 fully saturated rings. The van der Waals surface area contributed by atoms with E-state index in [0.29, 0.717) is 11.5 Å². The van der Waals surface area contributed by atoms with Crippen LogP contribution in [0.5, 0.6) is 0 Å². The molecule has 2 heteroatoms. The van der Waals surface area contributed by atoms with Crippen LogP contribution in [0.25, 0.3) is 0 Å². The number of allylic oxidation sites excluding steroid dienone is 2. The Labute approximate surface area is 88.4 Å². The lowest BCUT2D eigenvalue weighted by atomic mass is 9.87. The van der Waals surface area contributed by atoms with Gasteiger partial charge in [0.05, 0.1) is 0 Å². The third-order valence-electron chi connectivity index (χ3n) is 2.48. The van der Waals surface area contributed by atoms with Crippen molar-refractivity contribution in [3.63, 3.8) is 0 Å². The predicted molar refractivity (Wildman–Crippen MR) is 57.4 cm³/mol. The van der Waals surface area contributed by atoms with Gasteiger partial charge in [-0.15, -0.1) is 0 Å². The van der Waals surface area contributed by atoms with Crippen LogP contribution in [0.2, 0.25) is 0 Å². The van der Waals surface area contributed by atoms with Gasteiger partial charge in [0.1, 0.15) is 0 Å². The zero-order valence-corrected chi connectivity index (χ0v) is 8.50. The van der Waals surface area contributed by atoms with Crippen molar-refractivity contribution in [3.8, 4) is 0 Å². The fourth-order valence-electron chi connectivity index (χ4n) is 1.80. The smallest absolute Gasteiger partial charge is 0.157 e. The molecule has 0 aromatic heterocycles. The van der Waals surface area contributed by atoms with E-state index in [1.165, 1.54) is 5.56 Å². The SMILES string of the molecule is O=C1C=C(Cl)C[C@@H](c2ccccc2)C1. The maximum Gasteiger partial charge on any atom is 0.157 e. The third-order valence-corrected chi connectivity index (χ3v) is 2.74. The fourth-order valence-corrected chi connectivity index (χ4v) is 2.11. The zero-order chi connectivity index (χ0) is 9.97. The molecule has 0 amide bonds. The number of halogens is 1. The van der Waals surface area contributed by atoms with Crippen LogP contribution in [0, 0.1) is 0 Å². The number of ketones is 1. The van der Waals surface area contributed by atoms with Crippen LogP contribution in [-0.2, 0) is 4.79 Å². The van der Waals surface area contributed by atoms with Gasteiger partial charge < -0.3 is 0 Å². The maximum absolute atomic E-state index is 11.3. The highest BCUT2D eigenvalue weighted by Gasteiger charge is 2.20. The molecule has 1 nitrogen and oxygen atoms in total. The van der Waals surface area contributed by atoms with Crippen molar-refractivity contribution in [2.24, 2.45) is 0 Å². The molecule has 14 heavy (non-hydrogen) atoms. The van der Waals surface area contributed by atoms with Crippen LogP contribution >= 0.6 is 11.6 Å². The molecule has 0 bridgehead atoms. The Hall–Kier alpha value is -1.08. The molecule has 0 saturated heterocycles. The molecule has 1 atom stereocenters. The first-order valence-corrected chi connectivity index (χ1v) is 5.07. The highest BCUT2D eigenvalue weighted by molar-refractivity contribution is 6.31. The molecule has 0 N–H and O–H groups in total. The molecular weight excluding hydrogens is 196 g/mol. The van der Waals surface area contributed by atoms with E-state index in [1.54, 1.807) is 6.08 Å². The average Bonchev–Trinajstić information content (AvgIpc) is 2.18. The second kappa shape index (κ2) is 3.97. The van der Waals surface area contributed by atoms with Gasteiger partial charge >= 0.3 is 0 Å². The quantitative estimate of drug-likeness (QED) is 0.690. The van der Waals surface area contributed by atoms with Crippen molar-refractivity contribution in [2.45, 2.75) is 18.8 Å². The van der Waals surface area contributed by atoms with E-state index in [-0.39, 0.29) is 11.7 Å². The summed E-state index contributed by atoms with van der Waals surface area (Å²) in [5, 5.41) is 0.676. The lowest BCUT2D eigenvalue weighted by Gasteiger charge is -2.19. The number of hydrogen-bond donors (Lipinski definition) is 0. The minimum Gasteiger partial charge on any atom is -0.295 e. The molecule has 0 radical (unpaired) electrons. The van der Waals surface area contributed by atoms with Crippen LogP contribution < -0.4 is 0 Å². The lowest BCUT2D eigenvalue weighted by molar-refractivity contribution is -0.115. The molecule has 0 spiro atoms. The van der Waals surface area contributed by atoms with Gasteiger partial charge in [0.2, 0.25) is 0 Å².